The molecule has 164 valence electrons. The molecule has 7 nitrogen and oxygen atoms in total. The Bertz CT molecular complexity index is 1110. The Balaban J connectivity index is 1.40. The van der Waals surface area contributed by atoms with Crippen LogP contribution in [0.5, 0.6) is 11.5 Å². The summed E-state index contributed by atoms with van der Waals surface area (Å²) >= 11 is 0. The molecular formula is C24H29N3O4. The Labute approximate surface area is 181 Å². The summed E-state index contributed by atoms with van der Waals surface area (Å²) in [5.41, 5.74) is 1.53. The van der Waals surface area contributed by atoms with Gasteiger partial charge in [-0.1, -0.05) is 24.3 Å². The van der Waals surface area contributed by atoms with E-state index in [2.05, 4.69) is 0 Å². The van der Waals surface area contributed by atoms with E-state index < -0.39 is 0 Å². The second-order valence-corrected chi connectivity index (χ2v) is 7.68. The number of fused-ring (bicyclic) bond motifs is 1. The molecule has 0 atom stereocenters. The van der Waals surface area contributed by atoms with Gasteiger partial charge in [0.05, 0.1) is 17.6 Å². The molecule has 0 spiro atoms. The Hall–Kier alpha value is -3.22. The quantitative estimate of drug-likeness (QED) is 0.585. The Morgan fingerprint density at radius 2 is 1.55 bits per heavy atom. The zero-order chi connectivity index (χ0) is 21.8. The van der Waals surface area contributed by atoms with Crippen LogP contribution in [-0.4, -0.2) is 45.7 Å². The molecule has 1 aliphatic heterocycles. The van der Waals surface area contributed by atoms with Gasteiger partial charge in [-0.15, -0.1) is 0 Å². The van der Waals surface area contributed by atoms with E-state index in [0.717, 1.165) is 35.4 Å². The van der Waals surface area contributed by atoms with Gasteiger partial charge in [-0.2, -0.15) is 0 Å². The van der Waals surface area contributed by atoms with Crippen molar-refractivity contribution < 1.29 is 14.3 Å². The van der Waals surface area contributed by atoms with Crippen LogP contribution in [0.4, 0.5) is 0 Å². The predicted octanol–water partition coefficient (Wildman–Crippen LogP) is 3.29. The summed E-state index contributed by atoms with van der Waals surface area (Å²) in [6, 6.07) is 15.3. The summed E-state index contributed by atoms with van der Waals surface area (Å²) in [5.74, 6) is 1.46. The third-order valence-corrected chi connectivity index (χ3v) is 5.77. The maximum absolute atomic E-state index is 13.0. The van der Waals surface area contributed by atoms with E-state index in [1.54, 1.807) is 9.13 Å². The van der Waals surface area contributed by atoms with Crippen LogP contribution in [0.1, 0.15) is 26.7 Å². The molecule has 1 aromatic heterocycles. The monoisotopic (exact) mass is 423 g/mol. The van der Waals surface area contributed by atoms with E-state index in [1.807, 2.05) is 67.3 Å². The molecule has 0 radical (unpaired) electrons. The van der Waals surface area contributed by atoms with Crippen molar-refractivity contribution in [1.82, 2.24) is 14.0 Å². The van der Waals surface area contributed by atoms with Crippen LogP contribution in [0.25, 0.3) is 11.0 Å². The lowest BCUT2D eigenvalue weighted by molar-refractivity contribution is -0.133. The minimum atomic E-state index is -0.136. The molecule has 1 fully saturated rings. The van der Waals surface area contributed by atoms with Gasteiger partial charge in [-0.3, -0.25) is 13.9 Å². The number of aromatic nitrogens is 2. The van der Waals surface area contributed by atoms with E-state index in [1.165, 1.54) is 0 Å². The van der Waals surface area contributed by atoms with E-state index in [-0.39, 0.29) is 24.2 Å². The number of carbonyl (C=O) groups is 1. The molecule has 0 aliphatic carbocycles. The highest BCUT2D eigenvalue weighted by atomic mass is 16.5. The predicted molar refractivity (Wildman–Crippen MR) is 120 cm³/mol. The zero-order valence-corrected chi connectivity index (χ0v) is 18.1. The molecule has 1 saturated heterocycles. The van der Waals surface area contributed by atoms with Crippen LogP contribution in [0, 0.1) is 0 Å². The summed E-state index contributed by atoms with van der Waals surface area (Å²) in [6.45, 7) is 6.33. The molecule has 2 heterocycles. The maximum atomic E-state index is 13.0. The van der Waals surface area contributed by atoms with Crippen LogP contribution in [0.15, 0.2) is 53.3 Å². The Kier molecular flexibility index (Phi) is 6.30. The van der Waals surface area contributed by atoms with Crippen molar-refractivity contribution in [3.8, 4) is 11.5 Å². The van der Waals surface area contributed by atoms with E-state index in [4.69, 9.17) is 9.47 Å². The highest BCUT2D eigenvalue weighted by molar-refractivity contribution is 5.81. The second kappa shape index (κ2) is 9.29. The summed E-state index contributed by atoms with van der Waals surface area (Å²) in [6.07, 6.45) is 1.53. The lowest BCUT2D eigenvalue weighted by Crippen LogP contribution is -2.44. The van der Waals surface area contributed by atoms with Crippen molar-refractivity contribution in [2.75, 3.05) is 19.7 Å². The van der Waals surface area contributed by atoms with Gasteiger partial charge < -0.3 is 14.4 Å². The third kappa shape index (κ3) is 4.31. The lowest BCUT2D eigenvalue weighted by Gasteiger charge is -2.32. The minimum Gasteiger partial charge on any atom is -0.490 e. The first-order valence-electron chi connectivity index (χ1n) is 11.0. The number of hydrogen-bond donors (Lipinski definition) is 0. The van der Waals surface area contributed by atoms with Crippen molar-refractivity contribution in [1.29, 1.82) is 0 Å². The number of amides is 1. The van der Waals surface area contributed by atoms with E-state index >= 15 is 0 Å². The molecule has 1 aliphatic rings. The first-order chi connectivity index (χ1) is 15.1. The van der Waals surface area contributed by atoms with Gasteiger partial charge in [0.2, 0.25) is 5.91 Å². The minimum absolute atomic E-state index is 0.0331. The number of ether oxygens (including phenoxy) is 2. The number of rotatable bonds is 7. The number of imidazole rings is 1. The summed E-state index contributed by atoms with van der Waals surface area (Å²) in [7, 11) is 0. The number of nitrogens with zero attached hydrogens (tertiary/aromatic N) is 3. The molecule has 0 saturated carbocycles. The van der Waals surface area contributed by atoms with Crippen LogP contribution in [-0.2, 0) is 17.9 Å². The van der Waals surface area contributed by atoms with Gasteiger partial charge in [-0.25, -0.2) is 4.79 Å². The lowest BCUT2D eigenvalue weighted by atomic mass is 10.1. The fourth-order valence-electron chi connectivity index (χ4n) is 4.19. The third-order valence-electron chi connectivity index (χ3n) is 5.77. The smallest absolute Gasteiger partial charge is 0.329 e. The van der Waals surface area contributed by atoms with Gasteiger partial charge >= 0.3 is 5.69 Å². The van der Waals surface area contributed by atoms with Gasteiger partial charge in [-0.05, 0) is 38.1 Å². The summed E-state index contributed by atoms with van der Waals surface area (Å²) in [4.78, 5) is 27.6. The molecule has 1 amide bonds. The van der Waals surface area contributed by atoms with Crippen molar-refractivity contribution in [2.45, 2.75) is 45.9 Å². The first kappa shape index (κ1) is 21.0. The van der Waals surface area contributed by atoms with Crippen LogP contribution >= 0.6 is 0 Å². The molecule has 0 unspecified atom stereocenters. The van der Waals surface area contributed by atoms with Crippen LogP contribution in [0.3, 0.4) is 0 Å². The molecule has 3 aromatic rings. The molecule has 0 bridgehead atoms. The number of hydrogen-bond acceptors (Lipinski definition) is 4. The highest BCUT2D eigenvalue weighted by Crippen LogP contribution is 2.29. The fourth-order valence-corrected chi connectivity index (χ4v) is 4.19. The molecule has 7 heteroatoms. The average Bonchev–Trinajstić information content (AvgIpc) is 3.06. The Morgan fingerprint density at radius 3 is 2.19 bits per heavy atom. The van der Waals surface area contributed by atoms with Gasteiger partial charge in [0.1, 0.15) is 12.6 Å². The molecule has 4 rings (SSSR count). The van der Waals surface area contributed by atoms with Gasteiger partial charge in [0.25, 0.3) is 0 Å². The molecular weight excluding hydrogens is 394 g/mol. The molecule has 0 N–H and O–H groups in total. The van der Waals surface area contributed by atoms with Gasteiger partial charge in [0.15, 0.2) is 11.5 Å². The van der Waals surface area contributed by atoms with Crippen molar-refractivity contribution in [3.05, 3.63) is 59.0 Å². The summed E-state index contributed by atoms with van der Waals surface area (Å²) in [5, 5.41) is 0. The summed E-state index contributed by atoms with van der Waals surface area (Å²) < 4.78 is 15.1. The number of piperidine rings is 1. The number of benzene rings is 2. The molecule has 31 heavy (non-hydrogen) atoms. The van der Waals surface area contributed by atoms with Gasteiger partial charge in [0, 0.05) is 32.5 Å². The average molecular weight is 424 g/mol. The first-order valence-corrected chi connectivity index (χ1v) is 11.0. The van der Waals surface area contributed by atoms with Crippen molar-refractivity contribution in [3.63, 3.8) is 0 Å². The largest absolute Gasteiger partial charge is 0.490 e. The van der Waals surface area contributed by atoms with Crippen molar-refractivity contribution >= 4 is 16.9 Å². The highest BCUT2D eigenvalue weighted by Gasteiger charge is 2.26. The topological polar surface area (TPSA) is 65.7 Å². The maximum Gasteiger partial charge on any atom is 0.329 e. The standard InChI is InChI=1S/C24H29N3O4/c1-3-26-19-9-5-6-10-20(19)27(24(26)29)17-23(28)25-15-13-18(14-16-25)31-22-12-8-7-11-21(22)30-4-2/h5-12,18H,3-4,13-17H2,1-2H3. The van der Waals surface area contributed by atoms with E-state index in [9.17, 15) is 9.59 Å². The van der Waals surface area contributed by atoms with Crippen LogP contribution < -0.4 is 15.2 Å². The fraction of sp³-hybridized carbons (Fsp3) is 0.417. The van der Waals surface area contributed by atoms with E-state index in [0.29, 0.717) is 26.2 Å². The molecule has 2 aromatic carbocycles. The van der Waals surface area contributed by atoms with Crippen LogP contribution in [0.2, 0.25) is 0 Å². The Morgan fingerprint density at radius 1 is 0.935 bits per heavy atom. The number of aryl methyl sites for hydroxylation is 1. The zero-order valence-electron chi connectivity index (χ0n) is 18.1. The van der Waals surface area contributed by atoms with Crippen molar-refractivity contribution in [2.24, 2.45) is 0 Å². The number of para-hydroxylation sites is 4. The number of likely N-dealkylation sites (tertiary alicyclic amines) is 1. The number of carbonyl (C=O) groups excluding carboxylic acids is 1. The SMILES string of the molecule is CCOc1ccccc1OC1CCN(C(=O)Cn2c(=O)n(CC)c3ccccc32)CC1. The normalized spacial score (nSPS) is 14.7. The second-order valence-electron chi connectivity index (χ2n) is 7.68.